The molecule has 1 rings (SSSR count). The van der Waals surface area contributed by atoms with Crippen molar-refractivity contribution in [2.45, 2.75) is 40.7 Å². The highest BCUT2D eigenvalue weighted by Gasteiger charge is 2.12. The number of carbonyl (C=O) groups excluding carboxylic acids is 1. The largest absolute Gasteiger partial charge is 0.491 e. The quantitative estimate of drug-likeness (QED) is 0.727. The van der Waals surface area contributed by atoms with E-state index in [9.17, 15) is 4.79 Å². The molecular formula is C15H22O2S. The van der Waals surface area contributed by atoms with Crippen molar-refractivity contribution in [1.29, 1.82) is 0 Å². The lowest BCUT2D eigenvalue weighted by Gasteiger charge is -2.15. The number of carbonyl (C=O) groups is 1. The van der Waals surface area contributed by atoms with E-state index in [2.05, 4.69) is 6.92 Å². The molecule has 0 saturated carbocycles. The van der Waals surface area contributed by atoms with Gasteiger partial charge in [-0.05, 0) is 56.7 Å². The molecule has 0 aliphatic rings. The van der Waals surface area contributed by atoms with Gasteiger partial charge < -0.3 is 4.74 Å². The second kappa shape index (κ2) is 6.83. The average Bonchev–Trinajstić information content (AvgIpc) is 2.29. The van der Waals surface area contributed by atoms with Gasteiger partial charge in [0.25, 0.3) is 0 Å². The molecule has 0 radical (unpaired) electrons. The Bertz CT molecular complexity index is 425. The summed E-state index contributed by atoms with van der Waals surface area (Å²) in [6, 6.07) is 3.92. The lowest BCUT2D eigenvalue weighted by Crippen LogP contribution is -2.10. The van der Waals surface area contributed by atoms with E-state index in [1.54, 1.807) is 11.8 Å². The van der Waals surface area contributed by atoms with Crippen molar-refractivity contribution < 1.29 is 9.53 Å². The molecular weight excluding hydrogens is 244 g/mol. The smallest absolute Gasteiger partial charge is 0.172 e. The number of Topliss-reactive ketones (excluding diaryl/α,β-unsaturated/α-hetero) is 1. The van der Waals surface area contributed by atoms with Crippen molar-refractivity contribution in [1.82, 2.24) is 0 Å². The number of hydrogen-bond donors (Lipinski definition) is 0. The van der Waals surface area contributed by atoms with E-state index in [1.165, 1.54) is 0 Å². The third-order valence-electron chi connectivity index (χ3n) is 2.62. The number of hydrogen-bond acceptors (Lipinski definition) is 3. The van der Waals surface area contributed by atoms with Gasteiger partial charge in [0.1, 0.15) is 5.75 Å². The zero-order chi connectivity index (χ0) is 13.7. The maximum absolute atomic E-state index is 12.0. The Labute approximate surface area is 114 Å². The van der Waals surface area contributed by atoms with E-state index in [4.69, 9.17) is 4.74 Å². The molecule has 0 aromatic heterocycles. The molecule has 3 heteroatoms. The summed E-state index contributed by atoms with van der Waals surface area (Å²) in [6.07, 6.45) is 0.153. The summed E-state index contributed by atoms with van der Waals surface area (Å²) in [5.74, 6) is 2.61. The molecule has 1 aromatic carbocycles. The maximum atomic E-state index is 12.0. The zero-order valence-corrected chi connectivity index (χ0v) is 12.7. The highest BCUT2D eigenvalue weighted by molar-refractivity contribution is 7.99. The van der Waals surface area contributed by atoms with Gasteiger partial charge in [0.15, 0.2) is 5.78 Å². The summed E-state index contributed by atoms with van der Waals surface area (Å²) in [5, 5.41) is 0. The molecule has 2 nitrogen and oxygen atoms in total. The molecule has 0 amide bonds. The molecule has 0 N–H and O–H groups in total. The van der Waals surface area contributed by atoms with Crippen LogP contribution in [0.2, 0.25) is 0 Å². The fourth-order valence-electron chi connectivity index (χ4n) is 1.74. The van der Waals surface area contributed by atoms with Crippen LogP contribution in [-0.4, -0.2) is 23.4 Å². The Balaban J connectivity index is 2.95. The summed E-state index contributed by atoms with van der Waals surface area (Å²) in [7, 11) is 0. The van der Waals surface area contributed by atoms with Gasteiger partial charge in [-0.15, -0.1) is 0 Å². The van der Waals surface area contributed by atoms with Crippen LogP contribution < -0.4 is 4.74 Å². The normalized spacial score (nSPS) is 10.8. The standard InChI is InChI=1S/C15H22O2S/c1-6-18-9-14(16)13-7-12(5)15(8-11(13)4)17-10(2)3/h7-8,10H,6,9H2,1-5H3. The number of benzene rings is 1. The van der Waals surface area contributed by atoms with Gasteiger partial charge in [0, 0.05) is 5.56 Å². The first-order valence-corrected chi connectivity index (χ1v) is 7.50. The minimum atomic E-state index is 0.153. The summed E-state index contributed by atoms with van der Waals surface area (Å²) in [4.78, 5) is 12.0. The van der Waals surface area contributed by atoms with Crippen LogP contribution in [0.15, 0.2) is 12.1 Å². The molecule has 0 heterocycles. The average molecular weight is 266 g/mol. The van der Waals surface area contributed by atoms with E-state index in [0.29, 0.717) is 5.75 Å². The number of thioether (sulfide) groups is 1. The predicted molar refractivity (Wildman–Crippen MR) is 79.0 cm³/mol. The van der Waals surface area contributed by atoms with Gasteiger partial charge >= 0.3 is 0 Å². The SMILES string of the molecule is CCSCC(=O)c1cc(C)c(OC(C)C)cc1C. The van der Waals surface area contributed by atoms with Crippen LogP contribution in [0, 0.1) is 13.8 Å². The number of aryl methyl sites for hydroxylation is 2. The molecule has 0 aliphatic carbocycles. The van der Waals surface area contributed by atoms with Gasteiger partial charge in [0.05, 0.1) is 11.9 Å². The lowest BCUT2D eigenvalue weighted by atomic mass is 10.0. The maximum Gasteiger partial charge on any atom is 0.172 e. The van der Waals surface area contributed by atoms with Crippen molar-refractivity contribution >= 4 is 17.5 Å². The van der Waals surface area contributed by atoms with Crippen LogP contribution in [-0.2, 0) is 0 Å². The first-order valence-electron chi connectivity index (χ1n) is 6.34. The third-order valence-corrected chi connectivity index (χ3v) is 3.50. The molecule has 0 bridgehead atoms. The fraction of sp³-hybridized carbons (Fsp3) is 0.533. The van der Waals surface area contributed by atoms with E-state index >= 15 is 0 Å². The molecule has 0 fully saturated rings. The van der Waals surface area contributed by atoms with E-state index in [0.717, 1.165) is 28.2 Å². The first kappa shape index (κ1) is 15.1. The van der Waals surface area contributed by atoms with Crippen molar-refractivity contribution in [3.63, 3.8) is 0 Å². The second-order valence-electron chi connectivity index (χ2n) is 4.66. The Morgan fingerprint density at radius 2 is 1.94 bits per heavy atom. The monoisotopic (exact) mass is 266 g/mol. The van der Waals surface area contributed by atoms with Crippen molar-refractivity contribution in [2.24, 2.45) is 0 Å². The highest BCUT2D eigenvalue weighted by Crippen LogP contribution is 2.24. The van der Waals surface area contributed by atoms with Crippen LogP contribution in [0.1, 0.15) is 42.3 Å². The second-order valence-corrected chi connectivity index (χ2v) is 5.93. The third kappa shape index (κ3) is 4.05. The molecule has 0 atom stereocenters. The Hall–Kier alpha value is -0.960. The molecule has 1 aromatic rings. The predicted octanol–water partition coefficient (Wildman–Crippen LogP) is 4.03. The molecule has 0 aliphatic heterocycles. The molecule has 0 unspecified atom stereocenters. The summed E-state index contributed by atoms with van der Waals surface area (Å²) in [6.45, 7) is 10.0. The van der Waals surface area contributed by atoms with E-state index < -0.39 is 0 Å². The Morgan fingerprint density at radius 3 is 2.50 bits per heavy atom. The van der Waals surface area contributed by atoms with Gasteiger partial charge in [-0.3, -0.25) is 4.79 Å². The molecule has 100 valence electrons. The van der Waals surface area contributed by atoms with Crippen LogP contribution in [0.5, 0.6) is 5.75 Å². The lowest BCUT2D eigenvalue weighted by molar-refractivity contribution is 0.102. The van der Waals surface area contributed by atoms with Crippen molar-refractivity contribution in [3.8, 4) is 5.75 Å². The highest BCUT2D eigenvalue weighted by atomic mass is 32.2. The van der Waals surface area contributed by atoms with Crippen molar-refractivity contribution in [2.75, 3.05) is 11.5 Å². The fourth-order valence-corrected chi connectivity index (χ4v) is 2.29. The van der Waals surface area contributed by atoms with Crippen LogP contribution in [0.4, 0.5) is 0 Å². The first-order chi connectivity index (χ1) is 8.45. The van der Waals surface area contributed by atoms with E-state index in [1.807, 2.05) is 39.8 Å². The molecule has 18 heavy (non-hydrogen) atoms. The van der Waals surface area contributed by atoms with Gasteiger partial charge in [-0.1, -0.05) is 6.92 Å². The Kier molecular flexibility index (Phi) is 5.73. The van der Waals surface area contributed by atoms with Crippen LogP contribution >= 0.6 is 11.8 Å². The number of rotatable bonds is 6. The number of ether oxygens (including phenoxy) is 1. The van der Waals surface area contributed by atoms with Crippen LogP contribution in [0.25, 0.3) is 0 Å². The summed E-state index contributed by atoms with van der Waals surface area (Å²) < 4.78 is 5.73. The van der Waals surface area contributed by atoms with Gasteiger partial charge in [-0.25, -0.2) is 0 Å². The minimum Gasteiger partial charge on any atom is -0.491 e. The van der Waals surface area contributed by atoms with Crippen LogP contribution in [0.3, 0.4) is 0 Å². The zero-order valence-electron chi connectivity index (χ0n) is 11.9. The minimum absolute atomic E-state index is 0.153. The topological polar surface area (TPSA) is 26.3 Å². The molecule has 0 saturated heterocycles. The summed E-state index contributed by atoms with van der Waals surface area (Å²) >= 11 is 1.66. The van der Waals surface area contributed by atoms with Gasteiger partial charge in [-0.2, -0.15) is 11.8 Å². The molecule has 0 spiro atoms. The van der Waals surface area contributed by atoms with Crippen molar-refractivity contribution in [3.05, 3.63) is 28.8 Å². The van der Waals surface area contributed by atoms with E-state index in [-0.39, 0.29) is 11.9 Å². The van der Waals surface area contributed by atoms with Gasteiger partial charge in [0.2, 0.25) is 0 Å². The number of ketones is 1. The Morgan fingerprint density at radius 1 is 1.28 bits per heavy atom. The summed E-state index contributed by atoms with van der Waals surface area (Å²) in [5.41, 5.74) is 2.85.